The lowest BCUT2D eigenvalue weighted by Gasteiger charge is -2.38. The van der Waals surface area contributed by atoms with Crippen molar-refractivity contribution in [2.45, 2.75) is 50.1 Å². The van der Waals surface area contributed by atoms with E-state index in [0.29, 0.717) is 18.0 Å². The molecule has 2 bridgehead atoms. The molecule has 2 fully saturated rings. The molecule has 5 heteroatoms. The number of fused-ring (bicyclic) bond motifs is 3. The molecule has 1 radical (unpaired) electrons. The van der Waals surface area contributed by atoms with Crippen LogP contribution in [0.25, 0.3) is 10.1 Å². The van der Waals surface area contributed by atoms with Gasteiger partial charge in [-0.1, -0.05) is 24.3 Å². The van der Waals surface area contributed by atoms with E-state index in [-0.39, 0.29) is 0 Å². The number of hydrogen-bond donors (Lipinski definition) is 0. The zero-order valence-corrected chi connectivity index (χ0v) is 17.7. The van der Waals surface area contributed by atoms with Crippen LogP contribution in [-0.2, 0) is 0 Å². The number of methoxy groups -OCH3 is 1. The number of benzene rings is 2. The molecule has 3 aromatic rings. The Kier molecular flexibility index (Phi) is 5.42. The van der Waals surface area contributed by atoms with Crippen molar-refractivity contribution in [2.24, 2.45) is 0 Å². The van der Waals surface area contributed by atoms with Crippen LogP contribution in [0.4, 0.5) is 0 Å². The Morgan fingerprint density at radius 1 is 1.14 bits per heavy atom. The molecule has 4 nitrogen and oxygen atoms in total. The van der Waals surface area contributed by atoms with Crippen LogP contribution in [0, 0.1) is 6.07 Å². The van der Waals surface area contributed by atoms with Crippen LogP contribution in [0.15, 0.2) is 42.5 Å². The van der Waals surface area contributed by atoms with Crippen LogP contribution in [0.1, 0.15) is 43.7 Å². The first kappa shape index (κ1) is 18.9. The third kappa shape index (κ3) is 3.74. The number of ether oxygens (including phenoxy) is 2. The van der Waals surface area contributed by atoms with E-state index in [1.807, 2.05) is 18.2 Å². The molecule has 2 unspecified atom stereocenters. The standard InChI is InChI=1S/C24H27N2O2S/c1-27-21-8-3-4-9-22(21)28-14-6-13-26-18-11-12-19(26)16-17(15-18)24-20-7-2-5-10-23(20)29-25-24/h2,4-5,7-10,17-19H,6,11-16H2,1H3. The molecule has 2 atom stereocenters. The van der Waals surface area contributed by atoms with Gasteiger partial charge in [-0.25, -0.2) is 0 Å². The van der Waals surface area contributed by atoms with Crippen molar-refractivity contribution in [1.82, 2.24) is 9.27 Å². The molecular formula is C24H27N2O2S. The first-order valence-electron chi connectivity index (χ1n) is 10.6. The second-order valence-electron chi connectivity index (χ2n) is 8.13. The van der Waals surface area contributed by atoms with Crippen molar-refractivity contribution in [3.63, 3.8) is 0 Å². The third-order valence-electron chi connectivity index (χ3n) is 6.50. The van der Waals surface area contributed by atoms with Crippen LogP contribution in [-0.4, -0.2) is 41.6 Å². The van der Waals surface area contributed by atoms with E-state index >= 15 is 0 Å². The maximum Gasteiger partial charge on any atom is 0.161 e. The molecule has 2 aliphatic heterocycles. The third-order valence-corrected chi connectivity index (χ3v) is 7.34. The van der Waals surface area contributed by atoms with E-state index in [9.17, 15) is 0 Å². The van der Waals surface area contributed by atoms with E-state index in [0.717, 1.165) is 31.1 Å². The second kappa shape index (κ2) is 8.33. The Labute approximate surface area is 176 Å². The molecule has 151 valence electrons. The van der Waals surface area contributed by atoms with Gasteiger partial charge < -0.3 is 9.47 Å². The topological polar surface area (TPSA) is 34.6 Å². The maximum atomic E-state index is 5.96. The monoisotopic (exact) mass is 407 g/mol. The highest BCUT2D eigenvalue weighted by Gasteiger charge is 2.41. The quantitative estimate of drug-likeness (QED) is 0.499. The summed E-state index contributed by atoms with van der Waals surface area (Å²) in [7, 11) is 1.67. The van der Waals surface area contributed by atoms with Gasteiger partial charge in [-0.2, -0.15) is 4.37 Å². The summed E-state index contributed by atoms with van der Waals surface area (Å²) in [5, 5.41) is 1.37. The largest absolute Gasteiger partial charge is 0.493 e. The van der Waals surface area contributed by atoms with Crippen molar-refractivity contribution in [1.29, 1.82) is 0 Å². The predicted octanol–water partition coefficient (Wildman–Crippen LogP) is 5.28. The lowest BCUT2D eigenvalue weighted by atomic mass is 9.87. The van der Waals surface area contributed by atoms with E-state index in [1.165, 1.54) is 41.5 Å². The first-order chi connectivity index (χ1) is 14.3. The SMILES string of the molecule is COc1c[c]ccc1OCCCN1C2CCC1CC(c1nsc3ccccc13)C2. The van der Waals surface area contributed by atoms with Gasteiger partial charge in [0.15, 0.2) is 11.5 Å². The average molecular weight is 408 g/mol. The molecular weight excluding hydrogens is 380 g/mol. The molecule has 5 rings (SSSR count). The van der Waals surface area contributed by atoms with Crippen molar-refractivity contribution in [3.05, 3.63) is 54.2 Å². The molecule has 0 spiro atoms. The minimum absolute atomic E-state index is 0.612. The fourth-order valence-electron chi connectivity index (χ4n) is 5.17. The van der Waals surface area contributed by atoms with E-state index in [1.54, 1.807) is 18.6 Å². The molecule has 2 aliphatic rings. The van der Waals surface area contributed by atoms with Crippen LogP contribution < -0.4 is 9.47 Å². The lowest BCUT2D eigenvalue weighted by molar-refractivity contribution is 0.117. The Bertz CT molecular complexity index is 958. The number of rotatable bonds is 7. The van der Waals surface area contributed by atoms with E-state index in [2.05, 4.69) is 35.2 Å². The van der Waals surface area contributed by atoms with Crippen molar-refractivity contribution < 1.29 is 9.47 Å². The molecule has 3 heterocycles. The second-order valence-corrected chi connectivity index (χ2v) is 8.94. The number of nitrogens with zero attached hydrogens (tertiary/aromatic N) is 2. The molecule has 0 saturated carbocycles. The molecule has 0 aliphatic carbocycles. The zero-order valence-electron chi connectivity index (χ0n) is 16.8. The highest BCUT2D eigenvalue weighted by atomic mass is 32.1. The lowest BCUT2D eigenvalue weighted by Crippen LogP contribution is -2.43. The summed E-state index contributed by atoms with van der Waals surface area (Å²) < 4.78 is 17.5. The molecule has 0 N–H and O–H groups in total. The van der Waals surface area contributed by atoms with Gasteiger partial charge in [0.25, 0.3) is 0 Å². The fraction of sp³-hybridized carbons (Fsp3) is 0.458. The van der Waals surface area contributed by atoms with E-state index in [4.69, 9.17) is 13.8 Å². The Balaban J connectivity index is 1.18. The smallest absolute Gasteiger partial charge is 0.161 e. The highest BCUT2D eigenvalue weighted by Crippen LogP contribution is 2.44. The van der Waals surface area contributed by atoms with E-state index < -0.39 is 0 Å². The number of hydrogen-bond acceptors (Lipinski definition) is 5. The van der Waals surface area contributed by atoms with Gasteiger partial charge in [0, 0.05) is 29.9 Å². The summed E-state index contributed by atoms with van der Waals surface area (Å²) in [6, 6.07) is 18.7. The van der Waals surface area contributed by atoms with Gasteiger partial charge in [0.05, 0.1) is 24.1 Å². The molecule has 29 heavy (non-hydrogen) atoms. The van der Waals surface area contributed by atoms with Gasteiger partial charge in [-0.3, -0.25) is 4.90 Å². The summed E-state index contributed by atoms with van der Waals surface area (Å²) in [6.45, 7) is 1.83. The number of aromatic nitrogens is 1. The highest BCUT2D eigenvalue weighted by molar-refractivity contribution is 7.13. The molecule has 2 aromatic carbocycles. The zero-order chi connectivity index (χ0) is 19.6. The Hall–Kier alpha value is -2.11. The Morgan fingerprint density at radius 3 is 2.79 bits per heavy atom. The van der Waals surface area contributed by atoms with Gasteiger partial charge in [0.1, 0.15) is 0 Å². The summed E-state index contributed by atoms with van der Waals surface area (Å²) in [4.78, 5) is 2.74. The van der Waals surface area contributed by atoms with Gasteiger partial charge in [-0.05, 0) is 67.9 Å². The summed E-state index contributed by atoms with van der Waals surface area (Å²) in [5.74, 6) is 2.17. The molecule has 0 amide bonds. The van der Waals surface area contributed by atoms with Crippen LogP contribution >= 0.6 is 11.5 Å². The average Bonchev–Trinajstić information content (AvgIpc) is 3.29. The van der Waals surface area contributed by atoms with Crippen LogP contribution in [0.5, 0.6) is 11.5 Å². The van der Waals surface area contributed by atoms with Crippen molar-refractivity contribution in [2.75, 3.05) is 20.3 Å². The van der Waals surface area contributed by atoms with Crippen LogP contribution in [0.2, 0.25) is 0 Å². The fourth-order valence-corrected chi connectivity index (χ4v) is 6.03. The maximum absolute atomic E-state index is 5.96. The van der Waals surface area contributed by atoms with Crippen molar-refractivity contribution >= 4 is 21.6 Å². The van der Waals surface area contributed by atoms with Crippen molar-refractivity contribution in [3.8, 4) is 11.5 Å². The minimum atomic E-state index is 0.612. The first-order valence-corrected chi connectivity index (χ1v) is 11.4. The summed E-state index contributed by atoms with van der Waals surface area (Å²) >= 11 is 1.66. The predicted molar refractivity (Wildman–Crippen MR) is 117 cm³/mol. The van der Waals surface area contributed by atoms with Gasteiger partial charge >= 0.3 is 0 Å². The minimum Gasteiger partial charge on any atom is -0.493 e. The summed E-state index contributed by atoms with van der Waals surface area (Å²) in [6.07, 6.45) is 6.18. The van der Waals surface area contributed by atoms with Gasteiger partial charge in [0.2, 0.25) is 0 Å². The number of piperidine rings is 1. The summed E-state index contributed by atoms with van der Waals surface area (Å²) in [5.41, 5.74) is 1.35. The Morgan fingerprint density at radius 2 is 1.97 bits per heavy atom. The van der Waals surface area contributed by atoms with Gasteiger partial charge in [-0.15, -0.1) is 0 Å². The molecule has 1 aromatic heterocycles. The normalized spacial score (nSPS) is 24.1. The molecule has 2 saturated heterocycles. The van der Waals surface area contributed by atoms with Crippen LogP contribution in [0.3, 0.4) is 0 Å².